The molecule has 0 unspecified atom stereocenters. The van der Waals surface area contributed by atoms with Gasteiger partial charge in [-0.3, -0.25) is 20.4 Å². The molecule has 1 heterocycles. The Morgan fingerprint density at radius 3 is 2.75 bits per heavy atom. The molecular formula is C18H19N3O2S. The molecule has 0 aliphatic heterocycles. The molecule has 2 N–H and O–H groups in total. The molecule has 3 rings (SSSR count). The van der Waals surface area contributed by atoms with E-state index in [1.54, 1.807) is 0 Å². The van der Waals surface area contributed by atoms with Gasteiger partial charge in [0.1, 0.15) is 5.01 Å². The molecule has 2 aromatic rings. The molecule has 1 atom stereocenters. The van der Waals surface area contributed by atoms with E-state index in [0.29, 0.717) is 0 Å². The molecule has 24 heavy (non-hydrogen) atoms. The van der Waals surface area contributed by atoms with Crippen LogP contribution in [0.15, 0.2) is 47.9 Å². The maximum atomic E-state index is 12.0. The third-order valence-electron chi connectivity index (χ3n) is 3.90. The molecule has 1 aromatic heterocycles. The van der Waals surface area contributed by atoms with Crippen molar-refractivity contribution in [3.8, 4) is 11.3 Å². The third-order valence-corrected chi connectivity index (χ3v) is 4.75. The second-order valence-electron chi connectivity index (χ2n) is 5.69. The Hall–Kier alpha value is -2.47. The van der Waals surface area contributed by atoms with E-state index in [2.05, 4.69) is 21.9 Å². The molecule has 1 aliphatic carbocycles. The van der Waals surface area contributed by atoms with Crippen molar-refractivity contribution in [2.24, 2.45) is 5.92 Å². The fourth-order valence-electron chi connectivity index (χ4n) is 2.58. The molecular weight excluding hydrogens is 322 g/mol. The number of carbonyl (C=O) groups is 2. The predicted molar refractivity (Wildman–Crippen MR) is 94.0 cm³/mol. The van der Waals surface area contributed by atoms with Gasteiger partial charge in [-0.15, -0.1) is 11.3 Å². The highest BCUT2D eigenvalue weighted by Gasteiger charge is 2.19. The molecule has 1 aromatic carbocycles. The summed E-state index contributed by atoms with van der Waals surface area (Å²) in [7, 11) is 0. The standard InChI is InChI=1S/C18H19N3O2S/c22-16(20-21-18(23)14-9-5-2-6-10-14)11-17-19-15(12-24-17)13-7-3-1-4-8-13/h1-5,7-8,12,14H,6,9-11H2,(H,20,22)(H,21,23)/t14-/m0/s1. The van der Waals surface area contributed by atoms with Crippen LogP contribution in [0.3, 0.4) is 0 Å². The van der Waals surface area contributed by atoms with Crippen LogP contribution < -0.4 is 10.9 Å². The summed E-state index contributed by atoms with van der Waals surface area (Å²) in [4.78, 5) is 28.4. The van der Waals surface area contributed by atoms with Crippen LogP contribution in [0.1, 0.15) is 24.3 Å². The smallest absolute Gasteiger partial charge is 0.245 e. The molecule has 0 saturated carbocycles. The zero-order valence-electron chi connectivity index (χ0n) is 13.2. The van der Waals surface area contributed by atoms with Crippen LogP contribution in [-0.4, -0.2) is 16.8 Å². The Bertz CT molecular complexity index is 740. The van der Waals surface area contributed by atoms with Crippen LogP contribution >= 0.6 is 11.3 Å². The van der Waals surface area contributed by atoms with Gasteiger partial charge in [0.15, 0.2) is 0 Å². The fourth-order valence-corrected chi connectivity index (χ4v) is 3.38. The van der Waals surface area contributed by atoms with E-state index in [1.807, 2.05) is 41.8 Å². The monoisotopic (exact) mass is 341 g/mol. The maximum Gasteiger partial charge on any atom is 0.245 e. The minimum atomic E-state index is -0.260. The Kier molecular flexibility index (Phi) is 5.38. The van der Waals surface area contributed by atoms with Gasteiger partial charge in [-0.25, -0.2) is 4.98 Å². The van der Waals surface area contributed by atoms with Gasteiger partial charge in [0.25, 0.3) is 0 Å². The molecule has 5 nitrogen and oxygen atoms in total. The summed E-state index contributed by atoms with van der Waals surface area (Å²) in [6.45, 7) is 0. The first-order valence-electron chi connectivity index (χ1n) is 7.96. The highest BCUT2D eigenvalue weighted by atomic mass is 32.1. The van der Waals surface area contributed by atoms with Crippen molar-refractivity contribution in [1.29, 1.82) is 0 Å². The van der Waals surface area contributed by atoms with Crippen LogP contribution in [0.5, 0.6) is 0 Å². The zero-order chi connectivity index (χ0) is 16.8. The molecule has 6 heteroatoms. The van der Waals surface area contributed by atoms with Crippen LogP contribution in [-0.2, 0) is 16.0 Å². The first kappa shape index (κ1) is 16.4. The summed E-state index contributed by atoms with van der Waals surface area (Å²) >= 11 is 1.44. The minimum absolute atomic E-state index is 0.0557. The molecule has 0 spiro atoms. The van der Waals surface area contributed by atoms with Crippen molar-refractivity contribution in [2.75, 3.05) is 0 Å². The van der Waals surface area contributed by atoms with Gasteiger partial charge in [-0.2, -0.15) is 0 Å². The van der Waals surface area contributed by atoms with Gasteiger partial charge in [0.2, 0.25) is 11.8 Å². The summed E-state index contributed by atoms with van der Waals surface area (Å²) in [5, 5.41) is 2.66. The first-order valence-corrected chi connectivity index (χ1v) is 8.84. The number of nitrogens with zero attached hydrogens (tertiary/aromatic N) is 1. The van der Waals surface area contributed by atoms with Gasteiger partial charge < -0.3 is 0 Å². The molecule has 124 valence electrons. The number of carbonyl (C=O) groups excluding carboxylic acids is 2. The van der Waals surface area contributed by atoms with Gasteiger partial charge in [-0.1, -0.05) is 42.5 Å². The summed E-state index contributed by atoms with van der Waals surface area (Å²) in [6.07, 6.45) is 6.71. The minimum Gasteiger partial charge on any atom is -0.273 e. The molecule has 0 radical (unpaired) electrons. The number of hydrogen-bond acceptors (Lipinski definition) is 4. The number of allylic oxidation sites excluding steroid dienone is 2. The Morgan fingerprint density at radius 2 is 2.00 bits per heavy atom. The predicted octanol–water partition coefficient (Wildman–Crippen LogP) is 2.86. The molecule has 0 saturated heterocycles. The van der Waals surface area contributed by atoms with E-state index in [4.69, 9.17) is 0 Å². The third kappa shape index (κ3) is 4.29. The second kappa shape index (κ2) is 7.88. The molecule has 2 amide bonds. The lowest BCUT2D eigenvalue weighted by molar-refractivity contribution is -0.131. The summed E-state index contributed by atoms with van der Waals surface area (Å²) in [6, 6.07) is 9.83. The highest BCUT2D eigenvalue weighted by molar-refractivity contribution is 7.10. The van der Waals surface area contributed by atoms with E-state index in [9.17, 15) is 9.59 Å². The van der Waals surface area contributed by atoms with E-state index in [-0.39, 0.29) is 24.2 Å². The lowest BCUT2D eigenvalue weighted by Gasteiger charge is -2.17. The van der Waals surface area contributed by atoms with Crippen LogP contribution in [0.4, 0.5) is 0 Å². The molecule has 0 fully saturated rings. The zero-order valence-corrected chi connectivity index (χ0v) is 14.0. The Balaban J connectivity index is 1.49. The fraction of sp³-hybridized carbons (Fsp3) is 0.278. The molecule has 0 bridgehead atoms. The summed E-state index contributed by atoms with van der Waals surface area (Å²) < 4.78 is 0. The topological polar surface area (TPSA) is 71.1 Å². The van der Waals surface area contributed by atoms with E-state index >= 15 is 0 Å². The van der Waals surface area contributed by atoms with Crippen LogP contribution in [0.25, 0.3) is 11.3 Å². The number of benzene rings is 1. The van der Waals surface area contributed by atoms with Gasteiger partial charge >= 0.3 is 0 Å². The molecule has 1 aliphatic rings. The van der Waals surface area contributed by atoms with Gasteiger partial charge in [0, 0.05) is 16.9 Å². The average Bonchev–Trinajstić information content (AvgIpc) is 3.09. The van der Waals surface area contributed by atoms with Crippen LogP contribution in [0, 0.1) is 5.92 Å². The number of thiazole rings is 1. The summed E-state index contributed by atoms with van der Waals surface area (Å²) in [5.41, 5.74) is 6.89. The number of nitrogens with one attached hydrogen (secondary N) is 2. The number of hydrazine groups is 1. The number of aromatic nitrogens is 1. The SMILES string of the molecule is O=C(Cc1nc(-c2ccccc2)cs1)NNC(=O)[C@H]1CC=CCC1. The Morgan fingerprint density at radius 1 is 1.17 bits per heavy atom. The van der Waals surface area contributed by atoms with Gasteiger partial charge in [0.05, 0.1) is 12.1 Å². The van der Waals surface area contributed by atoms with Crippen LogP contribution in [0.2, 0.25) is 0 Å². The average molecular weight is 341 g/mol. The number of rotatable bonds is 4. The second-order valence-corrected chi connectivity index (χ2v) is 6.63. The van der Waals surface area contributed by atoms with Crippen molar-refractivity contribution < 1.29 is 9.59 Å². The van der Waals surface area contributed by atoms with E-state index < -0.39 is 0 Å². The number of hydrogen-bond donors (Lipinski definition) is 2. The normalized spacial score (nSPS) is 16.6. The van der Waals surface area contributed by atoms with Crippen molar-refractivity contribution >= 4 is 23.2 Å². The van der Waals surface area contributed by atoms with Crippen molar-refractivity contribution in [3.63, 3.8) is 0 Å². The van der Waals surface area contributed by atoms with E-state index in [1.165, 1.54) is 11.3 Å². The highest BCUT2D eigenvalue weighted by Crippen LogP contribution is 2.21. The maximum absolute atomic E-state index is 12.0. The van der Waals surface area contributed by atoms with Gasteiger partial charge in [-0.05, 0) is 19.3 Å². The quantitative estimate of drug-likeness (QED) is 0.663. The largest absolute Gasteiger partial charge is 0.273 e. The number of amides is 2. The Labute approximate surface area is 144 Å². The van der Waals surface area contributed by atoms with Crippen molar-refractivity contribution in [3.05, 3.63) is 52.9 Å². The summed E-state index contributed by atoms with van der Waals surface area (Å²) in [5.74, 6) is -0.444. The van der Waals surface area contributed by atoms with E-state index in [0.717, 1.165) is 35.5 Å². The lowest BCUT2D eigenvalue weighted by atomic mass is 9.94. The van der Waals surface area contributed by atoms with Crippen molar-refractivity contribution in [1.82, 2.24) is 15.8 Å². The first-order chi connectivity index (χ1) is 11.7. The lowest BCUT2D eigenvalue weighted by Crippen LogP contribution is -2.45. The van der Waals surface area contributed by atoms with Crippen molar-refractivity contribution in [2.45, 2.75) is 25.7 Å².